The van der Waals surface area contributed by atoms with E-state index in [-0.39, 0.29) is 0 Å². The van der Waals surface area contributed by atoms with E-state index in [1.54, 1.807) is 0 Å². The quantitative estimate of drug-likeness (QED) is 0.321. The minimum atomic E-state index is -2.32. The second-order valence-electron chi connectivity index (χ2n) is 0.963. The van der Waals surface area contributed by atoms with E-state index in [9.17, 15) is 0 Å². The SMILES string of the molecule is C=C=S(=S)(CO)OO. The maximum Gasteiger partial charge on any atom is 0.120 e. The van der Waals surface area contributed by atoms with Gasteiger partial charge in [0.1, 0.15) is 5.94 Å². The summed E-state index contributed by atoms with van der Waals surface area (Å²) in [5.41, 5.74) is 0. The van der Waals surface area contributed by atoms with Crippen LogP contribution in [0.4, 0.5) is 0 Å². The molecule has 0 bridgehead atoms. The minimum absolute atomic E-state index is 0.428. The standard InChI is InChI=1S/C3H6O3S2/c1-2-8(7,3-4)6-5/h4-5H,1,3H2. The van der Waals surface area contributed by atoms with E-state index in [2.05, 4.69) is 27.1 Å². The Morgan fingerprint density at radius 3 is 2.38 bits per heavy atom. The molecule has 0 aliphatic carbocycles. The van der Waals surface area contributed by atoms with Crippen molar-refractivity contribution in [1.29, 1.82) is 0 Å². The lowest BCUT2D eigenvalue weighted by Crippen LogP contribution is -2.05. The molecule has 0 spiro atoms. The summed E-state index contributed by atoms with van der Waals surface area (Å²) >= 11 is 4.49. The van der Waals surface area contributed by atoms with Crippen molar-refractivity contribution in [3.63, 3.8) is 0 Å². The van der Waals surface area contributed by atoms with Gasteiger partial charge < -0.3 is 5.11 Å². The summed E-state index contributed by atoms with van der Waals surface area (Å²) < 4.78 is 3.71. The van der Waals surface area contributed by atoms with Crippen molar-refractivity contribution in [2.24, 2.45) is 0 Å². The van der Waals surface area contributed by atoms with E-state index in [1.165, 1.54) is 0 Å². The number of aliphatic hydroxyl groups excluding tert-OH is 1. The fourth-order valence-electron chi connectivity index (χ4n) is 0.0956. The van der Waals surface area contributed by atoms with Crippen molar-refractivity contribution in [1.82, 2.24) is 0 Å². The average molecular weight is 154 g/mol. The normalized spacial score (nSPS) is 16.8. The molecule has 1 atom stereocenters. The molecule has 0 aromatic carbocycles. The second-order valence-corrected chi connectivity index (χ2v) is 4.50. The molecule has 8 heavy (non-hydrogen) atoms. The van der Waals surface area contributed by atoms with Crippen LogP contribution in [0.2, 0.25) is 0 Å². The van der Waals surface area contributed by atoms with E-state index in [0.29, 0.717) is 0 Å². The van der Waals surface area contributed by atoms with Gasteiger partial charge in [0.05, 0.1) is 8.46 Å². The maximum absolute atomic E-state index is 8.33. The van der Waals surface area contributed by atoms with Gasteiger partial charge in [0, 0.05) is 0 Å². The smallest absolute Gasteiger partial charge is 0.120 e. The van der Waals surface area contributed by atoms with Crippen LogP contribution in [0.3, 0.4) is 0 Å². The predicted octanol–water partition coefficient (Wildman–Crippen LogP) is -0.456. The molecule has 3 nitrogen and oxygen atoms in total. The summed E-state index contributed by atoms with van der Waals surface area (Å²) in [5, 5.41) is 18.5. The van der Waals surface area contributed by atoms with Crippen LogP contribution in [0.25, 0.3) is 0 Å². The summed E-state index contributed by atoms with van der Waals surface area (Å²) in [6, 6.07) is 0. The zero-order chi connectivity index (χ0) is 6.62. The van der Waals surface area contributed by atoms with Crippen molar-refractivity contribution in [2.75, 3.05) is 5.94 Å². The lowest BCUT2D eigenvalue weighted by Gasteiger charge is -1.98. The van der Waals surface area contributed by atoms with Crippen LogP contribution in [0.15, 0.2) is 6.58 Å². The highest BCUT2D eigenvalue weighted by Crippen LogP contribution is 1.86. The first-order chi connectivity index (χ1) is 3.68. The molecule has 0 radical (unpaired) electrons. The van der Waals surface area contributed by atoms with E-state index in [1.807, 2.05) is 0 Å². The largest absolute Gasteiger partial charge is 0.383 e. The molecular formula is C3H6O3S2. The fourth-order valence-corrected chi connectivity index (χ4v) is 0.287. The van der Waals surface area contributed by atoms with Gasteiger partial charge in [-0.05, 0) is 17.8 Å². The van der Waals surface area contributed by atoms with Gasteiger partial charge >= 0.3 is 0 Å². The van der Waals surface area contributed by atoms with Gasteiger partial charge in [-0.25, -0.2) is 5.26 Å². The van der Waals surface area contributed by atoms with Crippen LogP contribution >= 0.6 is 0 Å². The van der Waals surface area contributed by atoms with Crippen LogP contribution in [0, 0.1) is 0 Å². The molecule has 0 amide bonds. The Hall–Kier alpha value is 0.100. The number of aliphatic hydroxyl groups is 1. The van der Waals surface area contributed by atoms with Gasteiger partial charge in [0.15, 0.2) is 0 Å². The van der Waals surface area contributed by atoms with Gasteiger partial charge in [-0.3, -0.25) is 0 Å². The highest BCUT2D eigenvalue weighted by Gasteiger charge is 1.94. The van der Waals surface area contributed by atoms with Crippen molar-refractivity contribution >= 4 is 24.7 Å². The van der Waals surface area contributed by atoms with Crippen LogP contribution in [-0.4, -0.2) is 21.3 Å². The molecule has 0 fully saturated rings. The summed E-state index contributed by atoms with van der Waals surface area (Å²) in [4.78, 5) is 0. The summed E-state index contributed by atoms with van der Waals surface area (Å²) in [6.07, 6.45) is 0. The number of hydrogen-bond donors (Lipinski definition) is 2. The molecule has 1 unspecified atom stereocenters. The molecule has 48 valence electrons. The molecule has 5 heteroatoms. The second kappa shape index (κ2) is 3.19. The first-order valence-corrected chi connectivity index (χ1v) is 4.33. The summed E-state index contributed by atoms with van der Waals surface area (Å²) in [6.45, 7) is 3.14. The van der Waals surface area contributed by atoms with Gasteiger partial charge in [-0.1, -0.05) is 5.02 Å². The summed E-state index contributed by atoms with van der Waals surface area (Å²) in [5.74, 6) is -0.428. The number of hydrogen-bond acceptors (Lipinski definition) is 4. The molecule has 0 aliphatic heterocycles. The van der Waals surface area contributed by atoms with Crippen LogP contribution in [0.5, 0.6) is 0 Å². The van der Waals surface area contributed by atoms with E-state index >= 15 is 0 Å². The average Bonchev–Trinajstić information content (AvgIpc) is 1.87. The monoisotopic (exact) mass is 154 g/mol. The van der Waals surface area contributed by atoms with E-state index < -0.39 is 14.4 Å². The molecule has 0 saturated heterocycles. The molecule has 0 aromatic rings. The molecule has 0 aromatic heterocycles. The third kappa shape index (κ3) is 1.92. The Morgan fingerprint density at radius 2 is 2.38 bits per heavy atom. The van der Waals surface area contributed by atoms with E-state index in [4.69, 9.17) is 10.4 Å². The minimum Gasteiger partial charge on any atom is -0.383 e. The fraction of sp³-hybridized carbons (Fsp3) is 0.333. The van der Waals surface area contributed by atoms with Gasteiger partial charge in [-0.2, -0.15) is 4.33 Å². The summed E-state index contributed by atoms with van der Waals surface area (Å²) in [7, 11) is -2.32. The Labute approximate surface area is 52.5 Å². The Balaban J connectivity index is 4.52. The highest BCUT2D eigenvalue weighted by atomic mass is 32.8. The van der Waals surface area contributed by atoms with Gasteiger partial charge in [-0.15, -0.1) is 0 Å². The molecule has 0 rings (SSSR count). The van der Waals surface area contributed by atoms with Crippen molar-refractivity contribution in [3.8, 4) is 0 Å². The molecule has 0 saturated carbocycles. The Morgan fingerprint density at radius 1 is 1.88 bits per heavy atom. The first-order valence-electron chi connectivity index (χ1n) is 1.68. The maximum atomic E-state index is 8.33. The molecular weight excluding hydrogens is 148 g/mol. The predicted molar refractivity (Wildman–Crippen MR) is 36.2 cm³/mol. The Bertz CT molecular complexity index is 175. The number of rotatable bonds is 2. The Kier molecular flexibility index (Phi) is 3.23. The van der Waals surface area contributed by atoms with Crippen molar-refractivity contribution < 1.29 is 14.7 Å². The van der Waals surface area contributed by atoms with Crippen molar-refractivity contribution in [2.45, 2.75) is 0 Å². The molecule has 0 aliphatic rings. The molecule has 0 heterocycles. The third-order valence-electron chi connectivity index (χ3n) is 0.510. The van der Waals surface area contributed by atoms with Gasteiger partial charge in [0.2, 0.25) is 0 Å². The zero-order valence-corrected chi connectivity index (χ0v) is 5.67. The lowest BCUT2D eigenvalue weighted by atomic mass is 11.3. The van der Waals surface area contributed by atoms with Gasteiger partial charge in [0.25, 0.3) is 0 Å². The van der Waals surface area contributed by atoms with Crippen LogP contribution < -0.4 is 0 Å². The van der Waals surface area contributed by atoms with Crippen LogP contribution in [0.1, 0.15) is 0 Å². The lowest BCUT2D eigenvalue weighted by molar-refractivity contribution is -0.121. The highest BCUT2D eigenvalue weighted by molar-refractivity contribution is 8.35. The zero-order valence-electron chi connectivity index (χ0n) is 4.03. The third-order valence-corrected chi connectivity index (χ3v) is 2.38. The van der Waals surface area contributed by atoms with Crippen molar-refractivity contribution in [3.05, 3.63) is 6.58 Å². The topological polar surface area (TPSA) is 49.7 Å². The molecule has 2 N–H and O–H groups in total. The van der Waals surface area contributed by atoms with Crippen LogP contribution in [-0.2, 0) is 24.0 Å². The first kappa shape index (κ1) is 8.10. The van der Waals surface area contributed by atoms with E-state index in [0.717, 1.165) is 0 Å².